The summed E-state index contributed by atoms with van der Waals surface area (Å²) >= 11 is 0. The molecule has 5 heteroatoms. The zero-order valence-corrected chi connectivity index (χ0v) is 14.8. The van der Waals surface area contributed by atoms with Gasteiger partial charge in [-0.1, -0.05) is 12.1 Å². The SMILES string of the molecule is CCOC(=O)[C@H]1CCCN(CCCCOc2ccccc2OC)C1. The number of methoxy groups -OCH3 is 1. The van der Waals surface area contributed by atoms with Crippen LogP contribution in [-0.2, 0) is 9.53 Å². The van der Waals surface area contributed by atoms with Gasteiger partial charge in [-0.15, -0.1) is 0 Å². The van der Waals surface area contributed by atoms with E-state index in [2.05, 4.69) is 4.90 Å². The number of benzene rings is 1. The van der Waals surface area contributed by atoms with Crippen LogP contribution >= 0.6 is 0 Å². The van der Waals surface area contributed by atoms with Gasteiger partial charge in [0.25, 0.3) is 0 Å². The molecule has 1 saturated heterocycles. The van der Waals surface area contributed by atoms with Gasteiger partial charge in [0.2, 0.25) is 0 Å². The summed E-state index contributed by atoms with van der Waals surface area (Å²) in [6.45, 7) is 5.91. The molecule has 0 saturated carbocycles. The molecular weight excluding hydrogens is 306 g/mol. The standard InChI is InChI=1S/C19H29NO4/c1-3-23-19(21)16-9-8-13-20(15-16)12-6-7-14-24-18-11-5-4-10-17(18)22-2/h4-5,10-11,16H,3,6-9,12-15H2,1-2H3/t16-/m0/s1. The van der Waals surface area contributed by atoms with E-state index >= 15 is 0 Å². The normalized spacial score (nSPS) is 18.2. The Labute approximate surface area is 144 Å². The summed E-state index contributed by atoms with van der Waals surface area (Å²) in [6.07, 6.45) is 4.07. The van der Waals surface area contributed by atoms with Gasteiger partial charge in [-0.2, -0.15) is 0 Å². The van der Waals surface area contributed by atoms with E-state index in [1.54, 1.807) is 7.11 Å². The molecule has 0 amide bonds. The zero-order chi connectivity index (χ0) is 17.2. The van der Waals surface area contributed by atoms with Crippen LogP contribution in [0, 0.1) is 5.92 Å². The number of nitrogens with zero attached hydrogens (tertiary/aromatic N) is 1. The topological polar surface area (TPSA) is 48.0 Å². The molecule has 0 spiro atoms. The van der Waals surface area contributed by atoms with E-state index < -0.39 is 0 Å². The van der Waals surface area contributed by atoms with Crippen molar-refractivity contribution >= 4 is 5.97 Å². The molecule has 1 aliphatic rings. The fourth-order valence-electron chi connectivity index (χ4n) is 3.07. The Morgan fingerprint density at radius 2 is 2.04 bits per heavy atom. The van der Waals surface area contributed by atoms with Gasteiger partial charge in [-0.3, -0.25) is 4.79 Å². The van der Waals surface area contributed by atoms with Crippen LogP contribution in [0.25, 0.3) is 0 Å². The van der Waals surface area contributed by atoms with Crippen LogP contribution in [-0.4, -0.2) is 50.8 Å². The maximum atomic E-state index is 11.9. The average Bonchev–Trinajstić information content (AvgIpc) is 2.62. The largest absolute Gasteiger partial charge is 0.493 e. The minimum atomic E-state index is -0.0401. The van der Waals surface area contributed by atoms with Crippen molar-refractivity contribution < 1.29 is 19.0 Å². The number of unbranched alkanes of at least 4 members (excludes halogenated alkanes) is 1. The van der Waals surface area contributed by atoms with Crippen molar-refractivity contribution in [2.75, 3.05) is 40.0 Å². The molecule has 1 aromatic rings. The lowest BCUT2D eigenvalue weighted by atomic mass is 9.98. The Morgan fingerprint density at radius 3 is 2.79 bits per heavy atom. The van der Waals surface area contributed by atoms with Gasteiger partial charge < -0.3 is 19.1 Å². The third-order valence-corrected chi connectivity index (χ3v) is 4.32. The number of likely N-dealkylation sites (tertiary alicyclic amines) is 1. The zero-order valence-electron chi connectivity index (χ0n) is 14.8. The maximum Gasteiger partial charge on any atom is 0.310 e. The molecule has 1 aromatic carbocycles. The minimum absolute atomic E-state index is 0.0401. The second kappa shape index (κ2) is 10.2. The van der Waals surface area contributed by atoms with Crippen molar-refractivity contribution in [3.05, 3.63) is 24.3 Å². The number of rotatable bonds is 9. The number of carbonyl (C=O) groups is 1. The number of hydrogen-bond donors (Lipinski definition) is 0. The first-order valence-electron chi connectivity index (χ1n) is 8.89. The van der Waals surface area contributed by atoms with Crippen molar-refractivity contribution in [2.45, 2.75) is 32.6 Å². The summed E-state index contributed by atoms with van der Waals surface area (Å²) in [6, 6.07) is 7.70. The Hall–Kier alpha value is -1.75. The first kappa shape index (κ1) is 18.6. The molecule has 0 N–H and O–H groups in total. The lowest BCUT2D eigenvalue weighted by Gasteiger charge is -2.31. The van der Waals surface area contributed by atoms with Gasteiger partial charge in [-0.25, -0.2) is 0 Å². The molecule has 0 bridgehead atoms. The monoisotopic (exact) mass is 335 g/mol. The number of ether oxygens (including phenoxy) is 3. The second-order valence-electron chi connectivity index (χ2n) is 6.10. The third-order valence-electron chi connectivity index (χ3n) is 4.32. The quantitative estimate of drug-likeness (QED) is 0.512. The number of para-hydroxylation sites is 2. The molecule has 0 unspecified atom stereocenters. The van der Waals surface area contributed by atoms with E-state index in [4.69, 9.17) is 14.2 Å². The van der Waals surface area contributed by atoms with Gasteiger partial charge in [-0.05, 0) is 57.8 Å². The fourth-order valence-corrected chi connectivity index (χ4v) is 3.07. The molecule has 0 aromatic heterocycles. The summed E-state index contributed by atoms with van der Waals surface area (Å²) < 4.78 is 16.2. The molecule has 1 heterocycles. The van der Waals surface area contributed by atoms with Crippen molar-refractivity contribution in [3.8, 4) is 11.5 Å². The molecule has 2 rings (SSSR count). The lowest BCUT2D eigenvalue weighted by Crippen LogP contribution is -2.39. The summed E-state index contributed by atoms with van der Waals surface area (Å²) in [7, 11) is 1.65. The summed E-state index contributed by atoms with van der Waals surface area (Å²) in [5.41, 5.74) is 0. The van der Waals surface area contributed by atoms with E-state index in [1.165, 1.54) is 0 Å². The van der Waals surface area contributed by atoms with Crippen LogP contribution in [0.1, 0.15) is 32.6 Å². The predicted octanol–water partition coefficient (Wildman–Crippen LogP) is 3.13. The van der Waals surface area contributed by atoms with Crippen LogP contribution in [0.3, 0.4) is 0 Å². The first-order valence-corrected chi connectivity index (χ1v) is 8.89. The minimum Gasteiger partial charge on any atom is -0.493 e. The second-order valence-corrected chi connectivity index (χ2v) is 6.10. The molecule has 1 fully saturated rings. The molecule has 1 atom stereocenters. The van der Waals surface area contributed by atoms with Crippen LogP contribution in [0.4, 0.5) is 0 Å². The summed E-state index contributed by atoms with van der Waals surface area (Å²) in [4.78, 5) is 14.2. The molecule has 24 heavy (non-hydrogen) atoms. The van der Waals surface area contributed by atoms with Crippen molar-refractivity contribution in [2.24, 2.45) is 5.92 Å². The smallest absolute Gasteiger partial charge is 0.310 e. The number of piperidine rings is 1. The van der Waals surface area contributed by atoms with Crippen molar-refractivity contribution in [1.29, 1.82) is 0 Å². The van der Waals surface area contributed by atoms with E-state index in [0.717, 1.165) is 56.8 Å². The van der Waals surface area contributed by atoms with Crippen LogP contribution in [0.15, 0.2) is 24.3 Å². The highest BCUT2D eigenvalue weighted by Crippen LogP contribution is 2.26. The average molecular weight is 335 g/mol. The summed E-state index contributed by atoms with van der Waals surface area (Å²) in [5, 5.41) is 0. The van der Waals surface area contributed by atoms with Gasteiger partial charge in [0.1, 0.15) is 0 Å². The Kier molecular flexibility index (Phi) is 7.89. The molecule has 134 valence electrons. The van der Waals surface area contributed by atoms with E-state index in [9.17, 15) is 4.79 Å². The molecule has 5 nitrogen and oxygen atoms in total. The molecule has 1 aliphatic heterocycles. The van der Waals surface area contributed by atoms with E-state index in [1.807, 2.05) is 31.2 Å². The van der Waals surface area contributed by atoms with Gasteiger partial charge in [0.15, 0.2) is 11.5 Å². The highest BCUT2D eigenvalue weighted by molar-refractivity contribution is 5.72. The molecule has 0 aliphatic carbocycles. The number of esters is 1. The van der Waals surface area contributed by atoms with Crippen molar-refractivity contribution in [3.63, 3.8) is 0 Å². The Morgan fingerprint density at radius 1 is 1.25 bits per heavy atom. The van der Waals surface area contributed by atoms with Gasteiger partial charge in [0.05, 0.1) is 26.2 Å². The molecule has 0 radical (unpaired) electrons. The Balaban J connectivity index is 1.64. The predicted molar refractivity (Wildman–Crippen MR) is 93.5 cm³/mol. The third kappa shape index (κ3) is 5.71. The van der Waals surface area contributed by atoms with E-state index in [0.29, 0.717) is 13.2 Å². The van der Waals surface area contributed by atoms with E-state index in [-0.39, 0.29) is 11.9 Å². The fraction of sp³-hybridized carbons (Fsp3) is 0.632. The number of carbonyl (C=O) groups excluding carboxylic acids is 1. The first-order chi connectivity index (χ1) is 11.7. The van der Waals surface area contributed by atoms with Crippen molar-refractivity contribution in [1.82, 2.24) is 4.90 Å². The summed E-state index contributed by atoms with van der Waals surface area (Å²) in [5.74, 6) is 1.57. The van der Waals surface area contributed by atoms with Crippen LogP contribution in [0.2, 0.25) is 0 Å². The number of hydrogen-bond acceptors (Lipinski definition) is 5. The van der Waals surface area contributed by atoms with Gasteiger partial charge in [0, 0.05) is 6.54 Å². The Bertz CT molecular complexity index is 506. The highest BCUT2D eigenvalue weighted by Gasteiger charge is 2.26. The van der Waals surface area contributed by atoms with Crippen LogP contribution < -0.4 is 9.47 Å². The lowest BCUT2D eigenvalue weighted by molar-refractivity contribution is -0.149. The van der Waals surface area contributed by atoms with Crippen LogP contribution in [0.5, 0.6) is 11.5 Å². The maximum absolute atomic E-state index is 11.9. The molecular formula is C19H29NO4. The van der Waals surface area contributed by atoms with Gasteiger partial charge >= 0.3 is 5.97 Å². The highest BCUT2D eigenvalue weighted by atomic mass is 16.5.